The van der Waals surface area contributed by atoms with E-state index in [4.69, 9.17) is 11.0 Å². The zero-order chi connectivity index (χ0) is 7.11. The Morgan fingerprint density at radius 1 is 1.67 bits per heavy atom. The molecule has 1 amide bonds. The molecule has 0 saturated heterocycles. The fraction of sp³-hybridized carbons (Fsp3) is 0.333. The molecule has 48 valence electrons. The second kappa shape index (κ2) is 4.85. The van der Waals surface area contributed by atoms with Gasteiger partial charge in [0.15, 0.2) is 0 Å². The number of hydrogen-bond donors (Lipinski definition) is 1. The van der Waals surface area contributed by atoms with Crippen LogP contribution >= 0.6 is 0 Å². The highest BCUT2D eigenvalue weighted by molar-refractivity contribution is 5.75. The van der Waals surface area contributed by atoms with Crippen LogP contribution in [0.3, 0.4) is 0 Å². The molecule has 0 bridgehead atoms. The molecule has 0 aliphatic heterocycles. The molecular formula is C6H8N2O. The molecule has 0 unspecified atom stereocenters. The van der Waals surface area contributed by atoms with Crippen molar-refractivity contribution in [3.05, 3.63) is 12.2 Å². The molecule has 3 heteroatoms. The molecule has 3 nitrogen and oxygen atoms in total. The summed E-state index contributed by atoms with van der Waals surface area (Å²) >= 11 is 0. The van der Waals surface area contributed by atoms with Crippen LogP contribution in [-0.4, -0.2) is 5.91 Å². The van der Waals surface area contributed by atoms with Crippen LogP contribution < -0.4 is 5.73 Å². The number of amides is 1. The van der Waals surface area contributed by atoms with Gasteiger partial charge in [0.2, 0.25) is 5.91 Å². The first-order valence-electron chi connectivity index (χ1n) is 2.57. The summed E-state index contributed by atoms with van der Waals surface area (Å²) in [6.45, 7) is 0. The summed E-state index contributed by atoms with van der Waals surface area (Å²) in [4.78, 5) is 10.1. The number of nitrogens with zero attached hydrogens (tertiary/aromatic N) is 1. The third-order valence-corrected chi connectivity index (χ3v) is 0.695. The van der Waals surface area contributed by atoms with Gasteiger partial charge in [-0.25, -0.2) is 0 Å². The molecule has 0 saturated carbocycles. The van der Waals surface area contributed by atoms with Crippen molar-refractivity contribution >= 4 is 5.91 Å². The fourth-order valence-corrected chi connectivity index (χ4v) is 0.336. The van der Waals surface area contributed by atoms with Crippen molar-refractivity contribution in [2.45, 2.75) is 12.8 Å². The first-order valence-corrected chi connectivity index (χ1v) is 2.57. The van der Waals surface area contributed by atoms with Gasteiger partial charge in [0.1, 0.15) is 0 Å². The van der Waals surface area contributed by atoms with Crippen molar-refractivity contribution in [1.29, 1.82) is 5.26 Å². The number of rotatable bonds is 3. The van der Waals surface area contributed by atoms with Crippen LogP contribution in [0.2, 0.25) is 0 Å². The van der Waals surface area contributed by atoms with Gasteiger partial charge < -0.3 is 5.73 Å². The van der Waals surface area contributed by atoms with Crippen molar-refractivity contribution in [2.24, 2.45) is 5.73 Å². The summed E-state index contributed by atoms with van der Waals surface area (Å²) < 4.78 is 0. The van der Waals surface area contributed by atoms with Crippen LogP contribution in [0, 0.1) is 11.3 Å². The Morgan fingerprint density at radius 2 is 2.33 bits per heavy atom. The minimum atomic E-state index is -0.371. The maximum absolute atomic E-state index is 10.1. The van der Waals surface area contributed by atoms with E-state index in [0.29, 0.717) is 6.42 Å². The Kier molecular flexibility index (Phi) is 4.15. The lowest BCUT2D eigenvalue weighted by Crippen LogP contribution is -2.07. The summed E-state index contributed by atoms with van der Waals surface area (Å²) in [5.41, 5.74) is 4.80. The van der Waals surface area contributed by atoms with E-state index in [1.807, 2.05) is 6.07 Å². The minimum Gasteiger partial charge on any atom is -0.369 e. The lowest BCUT2D eigenvalue weighted by Gasteiger charge is -1.80. The number of hydrogen-bond acceptors (Lipinski definition) is 2. The summed E-state index contributed by atoms with van der Waals surface area (Å²) in [7, 11) is 0. The summed E-state index contributed by atoms with van der Waals surface area (Å²) in [6.07, 6.45) is 3.77. The first-order chi connectivity index (χ1) is 4.27. The Balaban J connectivity index is 3.28. The van der Waals surface area contributed by atoms with Crippen LogP contribution in [0.1, 0.15) is 12.8 Å². The summed E-state index contributed by atoms with van der Waals surface area (Å²) in [5, 5.41) is 8.01. The molecule has 0 atom stereocenters. The maximum atomic E-state index is 10.1. The molecule has 2 N–H and O–H groups in total. The van der Waals surface area contributed by atoms with E-state index in [1.54, 1.807) is 12.2 Å². The third-order valence-electron chi connectivity index (χ3n) is 0.695. The normalized spacial score (nSPS) is 9.22. The lowest BCUT2D eigenvalue weighted by molar-refractivity contribution is -0.117. The molecule has 0 fully saturated rings. The molecule has 9 heavy (non-hydrogen) atoms. The third kappa shape index (κ3) is 6.70. The molecule has 0 aromatic carbocycles. The molecule has 0 rings (SSSR count). The van der Waals surface area contributed by atoms with Crippen molar-refractivity contribution in [2.75, 3.05) is 0 Å². The van der Waals surface area contributed by atoms with Crippen molar-refractivity contribution in [3.8, 4) is 6.07 Å². The quantitative estimate of drug-likeness (QED) is 0.551. The molecule has 0 aromatic rings. The van der Waals surface area contributed by atoms with E-state index in [-0.39, 0.29) is 12.3 Å². The number of nitrogens with two attached hydrogens (primary N) is 1. The van der Waals surface area contributed by atoms with E-state index < -0.39 is 0 Å². The highest BCUT2D eigenvalue weighted by Gasteiger charge is 1.84. The van der Waals surface area contributed by atoms with Gasteiger partial charge in [-0.3, -0.25) is 4.79 Å². The molecule has 0 heterocycles. The Hall–Kier alpha value is -1.30. The number of carbonyl (C=O) groups is 1. The maximum Gasteiger partial charge on any atom is 0.221 e. The molecule has 0 aliphatic carbocycles. The molecule has 0 spiro atoms. The number of carbonyl (C=O) groups excluding carboxylic acids is 1. The zero-order valence-electron chi connectivity index (χ0n) is 5.00. The zero-order valence-corrected chi connectivity index (χ0v) is 5.00. The van der Waals surface area contributed by atoms with Crippen molar-refractivity contribution in [3.63, 3.8) is 0 Å². The second-order valence-electron chi connectivity index (χ2n) is 1.50. The van der Waals surface area contributed by atoms with E-state index in [0.717, 1.165) is 0 Å². The van der Waals surface area contributed by atoms with Gasteiger partial charge in [-0.05, 0) is 0 Å². The predicted octanol–water partition coefficient (Wildman–Crippen LogP) is 0.332. The lowest BCUT2D eigenvalue weighted by atomic mass is 10.3. The van der Waals surface area contributed by atoms with Crippen LogP contribution in [0.15, 0.2) is 12.2 Å². The van der Waals surface area contributed by atoms with Crippen LogP contribution in [0.4, 0.5) is 0 Å². The predicted molar refractivity (Wildman–Crippen MR) is 33.2 cm³/mol. The summed E-state index contributed by atoms with van der Waals surface area (Å²) in [5.74, 6) is -0.371. The van der Waals surface area contributed by atoms with Crippen molar-refractivity contribution in [1.82, 2.24) is 0 Å². The Morgan fingerprint density at radius 3 is 2.78 bits per heavy atom. The summed E-state index contributed by atoms with van der Waals surface area (Å²) in [6, 6.07) is 1.90. The van der Waals surface area contributed by atoms with Crippen LogP contribution in [0.25, 0.3) is 0 Å². The molecule has 0 radical (unpaired) electrons. The van der Waals surface area contributed by atoms with E-state index >= 15 is 0 Å². The van der Waals surface area contributed by atoms with E-state index in [9.17, 15) is 4.79 Å². The second-order valence-corrected chi connectivity index (χ2v) is 1.50. The van der Waals surface area contributed by atoms with Gasteiger partial charge in [0.25, 0.3) is 0 Å². The molecular weight excluding hydrogens is 116 g/mol. The van der Waals surface area contributed by atoms with Gasteiger partial charge in [-0.15, -0.1) is 0 Å². The standard InChI is InChI=1S/C6H8N2O/c7-5-3-1-2-4-6(8)9/h1-2H,3-4H2,(H2,8,9)/b2-1+. The van der Waals surface area contributed by atoms with E-state index in [2.05, 4.69) is 0 Å². The van der Waals surface area contributed by atoms with Gasteiger partial charge in [0.05, 0.1) is 12.5 Å². The smallest absolute Gasteiger partial charge is 0.221 e. The Labute approximate surface area is 53.8 Å². The van der Waals surface area contributed by atoms with Gasteiger partial charge in [-0.1, -0.05) is 12.2 Å². The van der Waals surface area contributed by atoms with Gasteiger partial charge in [-0.2, -0.15) is 5.26 Å². The van der Waals surface area contributed by atoms with Crippen LogP contribution in [-0.2, 0) is 4.79 Å². The van der Waals surface area contributed by atoms with Gasteiger partial charge >= 0.3 is 0 Å². The number of allylic oxidation sites excluding steroid dienone is 1. The first kappa shape index (κ1) is 7.70. The minimum absolute atomic E-state index is 0.224. The fourth-order valence-electron chi connectivity index (χ4n) is 0.336. The molecule has 0 aliphatic rings. The molecule has 0 aromatic heterocycles. The Bertz CT molecular complexity index is 155. The highest BCUT2D eigenvalue weighted by atomic mass is 16.1. The van der Waals surface area contributed by atoms with E-state index in [1.165, 1.54) is 0 Å². The highest BCUT2D eigenvalue weighted by Crippen LogP contribution is 1.83. The monoisotopic (exact) mass is 124 g/mol. The average Bonchev–Trinajstić information content (AvgIpc) is 1.80. The van der Waals surface area contributed by atoms with Crippen LogP contribution in [0.5, 0.6) is 0 Å². The topological polar surface area (TPSA) is 66.9 Å². The van der Waals surface area contributed by atoms with Gasteiger partial charge in [0, 0.05) is 6.42 Å². The SMILES string of the molecule is N#CC/C=C/CC(N)=O. The van der Waals surface area contributed by atoms with Crippen molar-refractivity contribution < 1.29 is 4.79 Å². The number of primary amides is 1. The largest absolute Gasteiger partial charge is 0.369 e. The average molecular weight is 124 g/mol. The number of nitriles is 1.